The van der Waals surface area contributed by atoms with Gasteiger partial charge in [-0.2, -0.15) is 0 Å². The maximum absolute atomic E-state index is 4.25. The second kappa shape index (κ2) is 2.66. The van der Waals surface area contributed by atoms with Crippen LogP contribution in [0.1, 0.15) is 11.1 Å². The molecule has 0 unspecified atom stereocenters. The van der Waals surface area contributed by atoms with E-state index in [-0.39, 0.29) is 0 Å². The van der Waals surface area contributed by atoms with Gasteiger partial charge in [-0.15, -0.1) is 0 Å². The molecule has 0 bridgehead atoms. The van der Waals surface area contributed by atoms with E-state index in [1.54, 1.807) is 0 Å². The zero-order valence-electron chi connectivity index (χ0n) is 6.72. The van der Waals surface area contributed by atoms with Gasteiger partial charge in [-0.05, 0) is 35.8 Å². The molecule has 0 aliphatic carbocycles. The molecule has 0 aromatic carbocycles. The van der Waals surface area contributed by atoms with Crippen molar-refractivity contribution in [1.82, 2.24) is 10.3 Å². The van der Waals surface area contributed by atoms with Crippen molar-refractivity contribution < 1.29 is 0 Å². The van der Waals surface area contributed by atoms with Crippen molar-refractivity contribution in [1.29, 1.82) is 0 Å². The summed E-state index contributed by atoms with van der Waals surface area (Å²) in [6, 6.07) is 2.13. The minimum absolute atomic E-state index is 0.995. The molecule has 0 saturated heterocycles. The molecule has 0 atom stereocenters. The highest BCUT2D eigenvalue weighted by Gasteiger charge is 2.09. The van der Waals surface area contributed by atoms with Crippen molar-refractivity contribution in [3.8, 4) is 0 Å². The van der Waals surface area contributed by atoms with Gasteiger partial charge in [0, 0.05) is 12.7 Å². The average molecular weight is 146 g/mol. The lowest BCUT2D eigenvalue weighted by atomic mass is 9.91. The SMILES string of the molecule is Bc1nccc2c1CNCC2. The molecule has 0 amide bonds. The second-order valence-electron chi connectivity index (χ2n) is 2.96. The van der Waals surface area contributed by atoms with Crippen LogP contribution in [0.15, 0.2) is 12.3 Å². The van der Waals surface area contributed by atoms with Crippen LogP contribution < -0.4 is 10.9 Å². The third-order valence-electron chi connectivity index (χ3n) is 2.24. The number of nitrogens with one attached hydrogen (secondary N) is 1. The highest BCUT2D eigenvalue weighted by atomic mass is 14.9. The van der Waals surface area contributed by atoms with Crippen LogP contribution in [0, 0.1) is 0 Å². The molecule has 1 aliphatic heterocycles. The summed E-state index contributed by atoms with van der Waals surface area (Å²) < 4.78 is 0. The van der Waals surface area contributed by atoms with Gasteiger partial charge in [-0.1, -0.05) is 0 Å². The lowest BCUT2D eigenvalue weighted by Gasteiger charge is -2.17. The number of nitrogens with zero attached hydrogens (tertiary/aromatic N) is 1. The molecule has 11 heavy (non-hydrogen) atoms. The molecule has 1 N–H and O–H groups in total. The summed E-state index contributed by atoms with van der Waals surface area (Å²) in [4.78, 5) is 4.25. The third kappa shape index (κ3) is 1.16. The normalized spacial score (nSPS) is 16.0. The van der Waals surface area contributed by atoms with Crippen LogP contribution in [-0.2, 0) is 13.0 Å². The summed E-state index contributed by atoms with van der Waals surface area (Å²) in [7, 11) is 2.08. The maximum atomic E-state index is 4.25. The Morgan fingerprint density at radius 2 is 2.45 bits per heavy atom. The van der Waals surface area contributed by atoms with E-state index < -0.39 is 0 Å². The number of pyridine rings is 1. The van der Waals surface area contributed by atoms with Crippen molar-refractivity contribution >= 4 is 13.4 Å². The molecule has 2 heterocycles. The van der Waals surface area contributed by atoms with Crippen LogP contribution in [0.3, 0.4) is 0 Å². The topological polar surface area (TPSA) is 24.9 Å². The van der Waals surface area contributed by atoms with E-state index in [1.165, 1.54) is 16.7 Å². The van der Waals surface area contributed by atoms with E-state index in [4.69, 9.17) is 0 Å². The zero-order chi connectivity index (χ0) is 7.68. The first-order chi connectivity index (χ1) is 5.38. The standard InChI is InChI=1S/C8H11BN2/c9-8-7-5-10-3-1-6(7)2-4-11-8/h2,4,10H,1,3,5,9H2. The first-order valence-electron chi connectivity index (χ1n) is 4.02. The maximum Gasteiger partial charge on any atom is 0.164 e. The fraction of sp³-hybridized carbons (Fsp3) is 0.375. The molecule has 0 radical (unpaired) electrons. The molecule has 1 aromatic rings. The van der Waals surface area contributed by atoms with Crippen molar-refractivity contribution in [2.45, 2.75) is 13.0 Å². The molecule has 2 rings (SSSR count). The Hall–Kier alpha value is -0.825. The van der Waals surface area contributed by atoms with Gasteiger partial charge in [0.2, 0.25) is 0 Å². The smallest absolute Gasteiger partial charge is 0.164 e. The first-order valence-corrected chi connectivity index (χ1v) is 4.02. The van der Waals surface area contributed by atoms with Gasteiger partial charge in [-0.3, -0.25) is 4.98 Å². The minimum Gasteiger partial charge on any atom is -0.312 e. The zero-order valence-corrected chi connectivity index (χ0v) is 6.72. The van der Waals surface area contributed by atoms with Crippen molar-refractivity contribution in [3.63, 3.8) is 0 Å². The molecular weight excluding hydrogens is 135 g/mol. The Balaban J connectivity index is 2.49. The number of hydrogen-bond donors (Lipinski definition) is 1. The van der Waals surface area contributed by atoms with E-state index in [9.17, 15) is 0 Å². The summed E-state index contributed by atoms with van der Waals surface area (Å²) in [6.45, 7) is 2.10. The number of hydrogen-bond acceptors (Lipinski definition) is 2. The molecule has 0 saturated carbocycles. The van der Waals surface area contributed by atoms with Gasteiger partial charge in [0.25, 0.3) is 0 Å². The number of rotatable bonds is 0. The summed E-state index contributed by atoms with van der Waals surface area (Å²) in [5.74, 6) is 0. The molecule has 1 aromatic heterocycles. The van der Waals surface area contributed by atoms with E-state index in [2.05, 4.69) is 24.2 Å². The highest BCUT2D eigenvalue weighted by molar-refractivity contribution is 6.31. The number of fused-ring (bicyclic) bond motifs is 1. The largest absolute Gasteiger partial charge is 0.312 e. The Morgan fingerprint density at radius 1 is 1.55 bits per heavy atom. The van der Waals surface area contributed by atoms with Crippen molar-refractivity contribution in [2.75, 3.05) is 6.54 Å². The molecule has 1 aliphatic rings. The van der Waals surface area contributed by atoms with E-state index in [1.807, 2.05) is 6.20 Å². The van der Waals surface area contributed by atoms with Crippen molar-refractivity contribution in [2.24, 2.45) is 0 Å². The molecular formula is C8H11BN2. The van der Waals surface area contributed by atoms with Gasteiger partial charge in [-0.25, -0.2) is 0 Å². The second-order valence-corrected chi connectivity index (χ2v) is 2.96. The Kier molecular flexibility index (Phi) is 1.66. The molecule has 0 spiro atoms. The van der Waals surface area contributed by atoms with Gasteiger partial charge in [0.05, 0.1) is 0 Å². The van der Waals surface area contributed by atoms with Crippen molar-refractivity contribution in [3.05, 3.63) is 23.4 Å². The van der Waals surface area contributed by atoms with E-state index >= 15 is 0 Å². The molecule has 0 fully saturated rings. The fourth-order valence-electron chi connectivity index (χ4n) is 1.56. The molecule has 3 heteroatoms. The predicted octanol–water partition coefficient (Wildman–Crippen LogP) is -1.01. The first kappa shape index (κ1) is 6.86. The minimum atomic E-state index is 0.995. The highest BCUT2D eigenvalue weighted by Crippen LogP contribution is 2.08. The van der Waals surface area contributed by atoms with Crippen LogP contribution in [0.4, 0.5) is 0 Å². The summed E-state index contributed by atoms with van der Waals surface area (Å²) in [6.07, 6.45) is 3.05. The third-order valence-corrected chi connectivity index (χ3v) is 2.24. The fourth-order valence-corrected chi connectivity index (χ4v) is 1.56. The van der Waals surface area contributed by atoms with Gasteiger partial charge in [0.15, 0.2) is 7.85 Å². The Morgan fingerprint density at radius 3 is 3.27 bits per heavy atom. The lowest BCUT2D eigenvalue weighted by molar-refractivity contribution is 0.644. The Bertz CT molecular complexity index is 273. The quantitative estimate of drug-likeness (QED) is 0.474. The average Bonchev–Trinajstić information content (AvgIpc) is 2.06. The lowest BCUT2D eigenvalue weighted by Crippen LogP contribution is -2.30. The predicted molar refractivity (Wildman–Crippen MR) is 47.8 cm³/mol. The number of aromatic nitrogens is 1. The Labute approximate surface area is 67.4 Å². The van der Waals surface area contributed by atoms with E-state index in [0.717, 1.165) is 19.5 Å². The summed E-state index contributed by atoms with van der Waals surface area (Å²) in [5, 5.41) is 3.34. The monoisotopic (exact) mass is 146 g/mol. The van der Waals surface area contributed by atoms with Crippen LogP contribution in [0.25, 0.3) is 0 Å². The van der Waals surface area contributed by atoms with Gasteiger partial charge < -0.3 is 5.32 Å². The van der Waals surface area contributed by atoms with E-state index in [0.29, 0.717) is 0 Å². The van der Waals surface area contributed by atoms with Gasteiger partial charge in [0.1, 0.15) is 0 Å². The molecule has 56 valence electrons. The van der Waals surface area contributed by atoms with Crippen LogP contribution in [-0.4, -0.2) is 19.4 Å². The van der Waals surface area contributed by atoms with Crippen LogP contribution in [0.2, 0.25) is 0 Å². The summed E-state index contributed by atoms with van der Waals surface area (Å²) >= 11 is 0. The van der Waals surface area contributed by atoms with Crippen LogP contribution in [0.5, 0.6) is 0 Å². The van der Waals surface area contributed by atoms with Crippen LogP contribution >= 0.6 is 0 Å². The van der Waals surface area contributed by atoms with Gasteiger partial charge >= 0.3 is 0 Å². The molecule has 2 nitrogen and oxygen atoms in total. The summed E-state index contributed by atoms with van der Waals surface area (Å²) in [5.41, 5.74) is 4.05.